The molecule has 0 radical (unpaired) electrons. The van der Waals surface area contributed by atoms with Crippen molar-refractivity contribution in [2.45, 2.75) is 44.9 Å². The van der Waals surface area contributed by atoms with E-state index in [1.54, 1.807) is 6.92 Å². The van der Waals surface area contributed by atoms with E-state index in [0.29, 0.717) is 17.3 Å². The molecule has 0 spiro atoms. The van der Waals surface area contributed by atoms with Gasteiger partial charge in [0.05, 0.1) is 0 Å². The van der Waals surface area contributed by atoms with E-state index in [2.05, 4.69) is 22.4 Å². The lowest BCUT2D eigenvalue weighted by molar-refractivity contribution is 0.314. The molecule has 0 amide bonds. The zero-order valence-corrected chi connectivity index (χ0v) is 11.2. The van der Waals surface area contributed by atoms with Gasteiger partial charge in [-0.05, 0) is 31.2 Å². The van der Waals surface area contributed by atoms with Gasteiger partial charge in [-0.15, -0.1) is 0 Å². The highest BCUT2D eigenvalue weighted by atomic mass is 16.4. The lowest BCUT2D eigenvalue weighted by Gasteiger charge is -2.22. The predicted octanol–water partition coefficient (Wildman–Crippen LogP) is 3.76. The fourth-order valence-electron chi connectivity index (χ4n) is 2.74. The average Bonchev–Trinajstić information content (AvgIpc) is 2.49. The average molecular weight is 260 g/mol. The molecule has 1 aromatic carbocycles. The lowest BCUT2D eigenvalue weighted by atomic mass is 9.84. The molecular formula is C15H20N2O2. The predicted molar refractivity (Wildman–Crippen MR) is 75.5 cm³/mol. The number of nitrogens with zero attached hydrogens (tertiary/aromatic N) is 2. The summed E-state index contributed by atoms with van der Waals surface area (Å²) in [4.78, 5) is 0. The van der Waals surface area contributed by atoms with Crippen LogP contribution < -0.4 is 0 Å². The zero-order valence-electron chi connectivity index (χ0n) is 11.2. The van der Waals surface area contributed by atoms with Gasteiger partial charge < -0.3 is 10.4 Å². The van der Waals surface area contributed by atoms with Crippen molar-refractivity contribution in [3.05, 3.63) is 35.4 Å². The van der Waals surface area contributed by atoms with Crippen molar-refractivity contribution in [2.24, 2.45) is 10.3 Å². The maximum atomic E-state index is 9.00. The molecule has 4 nitrogen and oxygen atoms in total. The molecule has 1 aromatic rings. The van der Waals surface area contributed by atoms with E-state index >= 15 is 0 Å². The highest BCUT2D eigenvalue weighted by molar-refractivity contribution is 6.47. The number of rotatable bonds is 3. The number of hydrogen-bond acceptors (Lipinski definition) is 4. The summed E-state index contributed by atoms with van der Waals surface area (Å²) in [5.41, 5.74) is 2.71. The lowest BCUT2D eigenvalue weighted by Crippen LogP contribution is -2.12. The van der Waals surface area contributed by atoms with Gasteiger partial charge in [0.1, 0.15) is 11.4 Å². The molecule has 0 aromatic heterocycles. The van der Waals surface area contributed by atoms with Gasteiger partial charge in [0.2, 0.25) is 0 Å². The molecule has 0 bridgehead atoms. The third-order valence-electron chi connectivity index (χ3n) is 3.85. The number of hydrogen-bond donors (Lipinski definition) is 2. The Labute approximate surface area is 113 Å². The van der Waals surface area contributed by atoms with Crippen LogP contribution >= 0.6 is 0 Å². The van der Waals surface area contributed by atoms with Crippen molar-refractivity contribution < 1.29 is 10.4 Å². The Morgan fingerprint density at radius 1 is 1.00 bits per heavy atom. The van der Waals surface area contributed by atoms with Crippen LogP contribution in [0.5, 0.6) is 0 Å². The monoisotopic (exact) mass is 260 g/mol. The minimum Gasteiger partial charge on any atom is -0.411 e. The summed E-state index contributed by atoms with van der Waals surface area (Å²) in [6.07, 6.45) is 6.50. The van der Waals surface area contributed by atoms with Crippen molar-refractivity contribution >= 4 is 11.4 Å². The molecule has 0 saturated heterocycles. The first-order chi connectivity index (χ1) is 9.26. The fraction of sp³-hybridized carbons (Fsp3) is 0.467. The highest BCUT2D eigenvalue weighted by Gasteiger charge is 2.16. The molecule has 2 N–H and O–H groups in total. The standard InChI is InChI=1S/C15H20N2O2/c1-11(16-18)15(17-19)14-9-7-13(8-10-14)12-5-3-2-4-6-12/h7-10,12,18-19H,2-6H2,1H3/b16-11+,17-15-. The smallest absolute Gasteiger partial charge is 0.134 e. The topological polar surface area (TPSA) is 65.2 Å². The molecule has 1 fully saturated rings. The summed E-state index contributed by atoms with van der Waals surface area (Å²) >= 11 is 0. The van der Waals surface area contributed by atoms with Gasteiger partial charge in [-0.2, -0.15) is 0 Å². The number of benzene rings is 1. The van der Waals surface area contributed by atoms with Crippen LogP contribution in [0, 0.1) is 0 Å². The van der Waals surface area contributed by atoms with Gasteiger partial charge in [-0.1, -0.05) is 53.8 Å². The first-order valence-corrected chi connectivity index (χ1v) is 6.77. The van der Waals surface area contributed by atoms with Gasteiger partial charge in [0.15, 0.2) is 0 Å². The second kappa shape index (κ2) is 6.36. The fourth-order valence-corrected chi connectivity index (χ4v) is 2.74. The Balaban J connectivity index is 2.18. The van der Waals surface area contributed by atoms with E-state index < -0.39 is 0 Å². The van der Waals surface area contributed by atoms with Crippen molar-refractivity contribution in [3.63, 3.8) is 0 Å². The third-order valence-corrected chi connectivity index (χ3v) is 3.85. The summed E-state index contributed by atoms with van der Waals surface area (Å²) in [7, 11) is 0. The van der Waals surface area contributed by atoms with Crippen molar-refractivity contribution in [3.8, 4) is 0 Å². The molecule has 1 saturated carbocycles. The second-order valence-corrected chi connectivity index (χ2v) is 5.09. The molecular weight excluding hydrogens is 240 g/mol. The normalized spacial score (nSPS) is 18.6. The Morgan fingerprint density at radius 3 is 2.16 bits per heavy atom. The van der Waals surface area contributed by atoms with Crippen LogP contribution in [-0.4, -0.2) is 21.8 Å². The zero-order chi connectivity index (χ0) is 13.7. The quantitative estimate of drug-likeness (QED) is 0.493. The van der Waals surface area contributed by atoms with Gasteiger partial charge in [0.25, 0.3) is 0 Å². The highest BCUT2D eigenvalue weighted by Crippen LogP contribution is 2.32. The van der Waals surface area contributed by atoms with Crippen molar-refractivity contribution in [2.75, 3.05) is 0 Å². The molecule has 2 rings (SSSR count). The Bertz CT molecular complexity index is 471. The summed E-state index contributed by atoms with van der Waals surface area (Å²) < 4.78 is 0. The number of oxime groups is 2. The maximum absolute atomic E-state index is 9.00. The summed E-state index contributed by atoms with van der Waals surface area (Å²) in [6, 6.07) is 8.02. The van der Waals surface area contributed by atoms with Gasteiger partial charge in [-0.3, -0.25) is 0 Å². The van der Waals surface area contributed by atoms with E-state index in [4.69, 9.17) is 10.4 Å². The Kier molecular flexibility index (Phi) is 4.55. The molecule has 4 heteroatoms. The van der Waals surface area contributed by atoms with Crippen LogP contribution in [0.2, 0.25) is 0 Å². The first kappa shape index (κ1) is 13.6. The minimum atomic E-state index is 0.299. The SMILES string of the molecule is CC(=N\O)/C(=N/O)c1ccc(C2CCCCC2)cc1. The third kappa shape index (κ3) is 3.13. The molecule has 0 aliphatic heterocycles. The van der Waals surface area contributed by atoms with Crippen LogP contribution in [0.4, 0.5) is 0 Å². The van der Waals surface area contributed by atoms with Crippen molar-refractivity contribution in [1.82, 2.24) is 0 Å². The first-order valence-electron chi connectivity index (χ1n) is 6.77. The van der Waals surface area contributed by atoms with Crippen molar-refractivity contribution in [1.29, 1.82) is 0 Å². The van der Waals surface area contributed by atoms with E-state index in [-0.39, 0.29) is 0 Å². The molecule has 0 heterocycles. The van der Waals surface area contributed by atoms with Gasteiger partial charge in [-0.25, -0.2) is 0 Å². The second-order valence-electron chi connectivity index (χ2n) is 5.09. The largest absolute Gasteiger partial charge is 0.411 e. The van der Waals surface area contributed by atoms with Crippen LogP contribution in [0.3, 0.4) is 0 Å². The minimum absolute atomic E-state index is 0.299. The molecule has 19 heavy (non-hydrogen) atoms. The molecule has 0 unspecified atom stereocenters. The molecule has 102 valence electrons. The van der Waals surface area contributed by atoms with E-state index in [9.17, 15) is 0 Å². The summed E-state index contributed by atoms with van der Waals surface area (Å²) in [6.45, 7) is 1.60. The maximum Gasteiger partial charge on any atom is 0.134 e. The van der Waals surface area contributed by atoms with E-state index in [0.717, 1.165) is 5.56 Å². The van der Waals surface area contributed by atoms with Crippen LogP contribution in [0.15, 0.2) is 34.6 Å². The summed E-state index contributed by atoms with van der Waals surface area (Å²) in [5, 5.41) is 24.0. The summed E-state index contributed by atoms with van der Waals surface area (Å²) in [5.74, 6) is 0.657. The van der Waals surface area contributed by atoms with Gasteiger partial charge in [0, 0.05) is 5.56 Å². The van der Waals surface area contributed by atoms with Crippen LogP contribution in [0.25, 0.3) is 0 Å². The molecule has 1 aliphatic rings. The Hall–Kier alpha value is -1.84. The Morgan fingerprint density at radius 2 is 1.63 bits per heavy atom. The van der Waals surface area contributed by atoms with Gasteiger partial charge >= 0.3 is 0 Å². The van der Waals surface area contributed by atoms with E-state index in [1.807, 2.05) is 12.1 Å². The van der Waals surface area contributed by atoms with E-state index in [1.165, 1.54) is 37.7 Å². The van der Waals surface area contributed by atoms with Crippen LogP contribution in [0.1, 0.15) is 56.1 Å². The molecule has 0 atom stereocenters. The van der Waals surface area contributed by atoms with Crippen LogP contribution in [-0.2, 0) is 0 Å². The molecule has 1 aliphatic carbocycles.